The highest BCUT2D eigenvalue weighted by Gasteiger charge is 2.15. The monoisotopic (exact) mass is 462 g/mol. The summed E-state index contributed by atoms with van der Waals surface area (Å²) in [4.78, 5) is 38.0. The van der Waals surface area contributed by atoms with Crippen molar-refractivity contribution in [3.8, 4) is 11.5 Å². The average Bonchev–Trinajstić information content (AvgIpc) is 2.86. The molecule has 3 rings (SSSR count). The zero-order valence-corrected chi connectivity index (χ0v) is 19.2. The van der Waals surface area contributed by atoms with Crippen molar-refractivity contribution in [2.45, 2.75) is 6.61 Å². The van der Waals surface area contributed by atoms with Crippen molar-refractivity contribution in [2.75, 3.05) is 33.1 Å². The van der Waals surface area contributed by atoms with Crippen molar-refractivity contribution in [1.82, 2.24) is 4.90 Å². The molecule has 8 nitrogen and oxygen atoms in total. The van der Waals surface area contributed by atoms with Crippen LogP contribution in [0.5, 0.6) is 11.5 Å². The number of rotatable bonds is 9. The van der Waals surface area contributed by atoms with E-state index in [0.717, 1.165) is 5.56 Å². The Morgan fingerprint density at radius 2 is 1.53 bits per heavy atom. The van der Waals surface area contributed by atoms with Gasteiger partial charge < -0.3 is 24.4 Å². The Bertz CT molecular complexity index is 1140. The number of esters is 1. The molecule has 3 aromatic carbocycles. The Hall–Kier alpha value is -4.33. The van der Waals surface area contributed by atoms with Crippen LogP contribution < -0.4 is 14.8 Å². The number of hydrogen-bond donors (Lipinski definition) is 1. The number of benzene rings is 3. The molecule has 0 fully saturated rings. The molecule has 1 N–H and O–H groups in total. The Balaban J connectivity index is 1.53. The van der Waals surface area contributed by atoms with E-state index in [1.54, 1.807) is 50.5 Å². The fourth-order valence-electron chi connectivity index (χ4n) is 3.01. The van der Waals surface area contributed by atoms with E-state index < -0.39 is 18.5 Å². The third-order valence-electron chi connectivity index (χ3n) is 4.79. The number of ether oxygens (including phenoxy) is 3. The molecule has 0 aliphatic heterocycles. The normalized spacial score (nSPS) is 10.2. The number of nitrogens with one attached hydrogen (secondary N) is 1. The Morgan fingerprint density at radius 1 is 0.853 bits per heavy atom. The zero-order valence-electron chi connectivity index (χ0n) is 19.2. The number of methoxy groups -OCH3 is 1. The maximum absolute atomic E-state index is 12.4. The van der Waals surface area contributed by atoms with Crippen LogP contribution in [0.15, 0.2) is 72.8 Å². The van der Waals surface area contributed by atoms with Gasteiger partial charge in [0.05, 0.1) is 12.7 Å². The van der Waals surface area contributed by atoms with Crippen molar-refractivity contribution in [1.29, 1.82) is 0 Å². The predicted molar refractivity (Wildman–Crippen MR) is 127 cm³/mol. The highest BCUT2D eigenvalue weighted by Crippen LogP contribution is 2.29. The maximum atomic E-state index is 12.4. The highest BCUT2D eigenvalue weighted by atomic mass is 16.5. The lowest BCUT2D eigenvalue weighted by Crippen LogP contribution is -2.22. The van der Waals surface area contributed by atoms with Crippen LogP contribution in [0.4, 0.5) is 5.69 Å². The number of hydrogen-bond acceptors (Lipinski definition) is 6. The molecular weight excluding hydrogens is 436 g/mol. The molecule has 3 aromatic rings. The first-order valence-corrected chi connectivity index (χ1v) is 10.5. The molecule has 0 radical (unpaired) electrons. The first-order valence-electron chi connectivity index (χ1n) is 10.5. The third-order valence-corrected chi connectivity index (χ3v) is 4.79. The van der Waals surface area contributed by atoms with Crippen molar-refractivity contribution in [3.63, 3.8) is 0 Å². The maximum Gasteiger partial charge on any atom is 0.338 e. The summed E-state index contributed by atoms with van der Waals surface area (Å²) in [6.45, 7) is -0.114. The SMILES string of the molecule is COc1cc(C(=O)OCC(=O)Nc2ccc(C(=O)N(C)C)cc2)ccc1OCc1ccccc1. The molecule has 0 unspecified atom stereocenters. The number of nitrogens with zero attached hydrogens (tertiary/aromatic N) is 1. The van der Waals surface area contributed by atoms with E-state index in [9.17, 15) is 14.4 Å². The topological polar surface area (TPSA) is 94.2 Å². The Morgan fingerprint density at radius 3 is 2.18 bits per heavy atom. The van der Waals surface area contributed by atoms with Crippen molar-refractivity contribution < 1.29 is 28.6 Å². The van der Waals surface area contributed by atoms with E-state index in [1.165, 1.54) is 18.1 Å². The standard InChI is InChI=1S/C26H26N2O6/c1-28(2)25(30)19-9-12-21(13-10-19)27-24(29)17-34-26(31)20-11-14-22(23(15-20)32-3)33-16-18-7-5-4-6-8-18/h4-15H,16-17H2,1-3H3,(H,27,29). The fraction of sp³-hybridized carbons (Fsp3) is 0.192. The van der Waals surface area contributed by atoms with Crippen LogP contribution in [0.25, 0.3) is 0 Å². The number of amides is 2. The summed E-state index contributed by atoms with van der Waals surface area (Å²) in [5.74, 6) is -0.456. The molecule has 0 saturated heterocycles. The molecule has 176 valence electrons. The summed E-state index contributed by atoms with van der Waals surface area (Å²) >= 11 is 0. The van der Waals surface area contributed by atoms with Gasteiger partial charge in [-0.25, -0.2) is 4.79 Å². The molecule has 0 atom stereocenters. The average molecular weight is 463 g/mol. The summed E-state index contributed by atoms with van der Waals surface area (Å²) < 4.78 is 16.2. The molecular formula is C26H26N2O6. The summed E-state index contributed by atoms with van der Waals surface area (Å²) in [5, 5.41) is 2.62. The largest absolute Gasteiger partial charge is 0.493 e. The zero-order chi connectivity index (χ0) is 24.5. The number of carbonyl (C=O) groups is 3. The number of carbonyl (C=O) groups excluding carboxylic acids is 3. The van der Waals surface area contributed by atoms with Gasteiger partial charge in [-0.2, -0.15) is 0 Å². The van der Waals surface area contributed by atoms with E-state index >= 15 is 0 Å². The second kappa shape index (κ2) is 11.5. The molecule has 2 amide bonds. The fourth-order valence-corrected chi connectivity index (χ4v) is 3.01. The minimum Gasteiger partial charge on any atom is -0.493 e. The Kier molecular flexibility index (Phi) is 8.23. The second-order valence-corrected chi connectivity index (χ2v) is 7.54. The second-order valence-electron chi connectivity index (χ2n) is 7.54. The van der Waals surface area contributed by atoms with Gasteiger partial charge >= 0.3 is 5.97 Å². The molecule has 34 heavy (non-hydrogen) atoms. The van der Waals surface area contributed by atoms with E-state index in [1.807, 2.05) is 30.3 Å². The van der Waals surface area contributed by atoms with Gasteiger partial charge in [0, 0.05) is 25.3 Å². The predicted octanol–water partition coefficient (Wildman–Crippen LogP) is 3.77. The first-order chi connectivity index (χ1) is 16.4. The van der Waals surface area contributed by atoms with Gasteiger partial charge in [0.25, 0.3) is 11.8 Å². The van der Waals surface area contributed by atoms with Gasteiger partial charge in [0.1, 0.15) is 6.61 Å². The smallest absolute Gasteiger partial charge is 0.338 e. The highest BCUT2D eigenvalue weighted by molar-refractivity contribution is 5.97. The first kappa shape index (κ1) is 24.3. The molecule has 8 heteroatoms. The molecule has 0 saturated carbocycles. The molecule has 0 aliphatic rings. The summed E-state index contributed by atoms with van der Waals surface area (Å²) in [5.41, 5.74) is 2.21. The molecule has 0 bridgehead atoms. The van der Waals surface area contributed by atoms with E-state index in [4.69, 9.17) is 14.2 Å². The van der Waals surface area contributed by atoms with Crippen molar-refractivity contribution in [2.24, 2.45) is 0 Å². The molecule has 0 spiro atoms. The Labute approximate surface area is 198 Å². The minimum absolute atomic E-state index is 0.140. The third kappa shape index (κ3) is 6.59. The molecule has 0 heterocycles. The summed E-state index contributed by atoms with van der Waals surface area (Å²) in [7, 11) is 4.80. The summed E-state index contributed by atoms with van der Waals surface area (Å²) in [6.07, 6.45) is 0. The van der Waals surface area contributed by atoms with Crippen LogP contribution in [0, 0.1) is 0 Å². The van der Waals surface area contributed by atoms with Gasteiger partial charge in [0.2, 0.25) is 0 Å². The van der Waals surface area contributed by atoms with Crippen LogP contribution in [0.3, 0.4) is 0 Å². The van der Waals surface area contributed by atoms with E-state index in [2.05, 4.69) is 5.32 Å². The van der Waals surface area contributed by atoms with Crippen LogP contribution in [-0.4, -0.2) is 50.5 Å². The van der Waals surface area contributed by atoms with E-state index in [-0.39, 0.29) is 11.5 Å². The van der Waals surface area contributed by atoms with Crippen LogP contribution in [0.1, 0.15) is 26.3 Å². The lowest BCUT2D eigenvalue weighted by Gasteiger charge is -2.12. The van der Waals surface area contributed by atoms with Crippen LogP contribution in [-0.2, 0) is 16.1 Å². The van der Waals surface area contributed by atoms with Crippen LogP contribution in [0.2, 0.25) is 0 Å². The van der Waals surface area contributed by atoms with Gasteiger partial charge in [-0.05, 0) is 48.0 Å². The molecule has 0 aromatic heterocycles. The number of anilines is 1. The van der Waals surface area contributed by atoms with Gasteiger partial charge in [-0.1, -0.05) is 30.3 Å². The van der Waals surface area contributed by atoms with E-state index in [0.29, 0.717) is 29.4 Å². The minimum atomic E-state index is -0.671. The van der Waals surface area contributed by atoms with Crippen molar-refractivity contribution in [3.05, 3.63) is 89.5 Å². The van der Waals surface area contributed by atoms with Crippen LogP contribution >= 0.6 is 0 Å². The lowest BCUT2D eigenvalue weighted by atomic mass is 10.2. The summed E-state index contributed by atoms with van der Waals surface area (Å²) in [6, 6.07) is 20.8. The molecule has 0 aliphatic carbocycles. The van der Waals surface area contributed by atoms with Gasteiger partial charge in [-0.3, -0.25) is 9.59 Å². The van der Waals surface area contributed by atoms with Crippen molar-refractivity contribution >= 4 is 23.5 Å². The van der Waals surface area contributed by atoms with Gasteiger partial charge in [-0.15, -0.1) is 0 Å². The van der Waals surface area contributed by atoms with Gasteiger partial charge in [0.15, 0.2) is 18.1 Å². The lowest BCUT2D eigenvalue weighted by molar-refractivity contribution is -0.119. The quantitative estimate of drug-likeness (QED) is 0.487.